The first kappa shape index (κ1) is 22.4. The fourth-order valence-electron chi connectivity index (χ4n) is 3.52. The molecule has 2 heterocycles. The van der Waals surface area contributed by atoms with Gasteiger partial charge in [-0.15, -0.1) is 0 Å². The van der Waals surface area contributed by atoms with Crippen molar-refractivity contribution in [2.45, 2.75) is 43.6 Å². The van der Waals surface area contributed by atoms with Crippen LogP contribution < -0.4 is 5.32 Å². The van der Waals surface area contributed by atoms with E-state index in [1.165, 1.54) is 6.92 Å². The maximum absolute atomic E-state index is 11.5. The minimum atomic E-state index is -0.581. The minimum absolute atomic E-state index is 0.00379. The Bertz CT molecular complexity index is 1030. The van der Waals surface area contributed by atoms with Crippen molar-refractivity contribution in [2.75, 3.05) is 11.1 Å². The molecule has 8 heteroatoms. The van der Waals surface area contributed by atoms with E-state index in [1.807, 2.05) is 48.5 Å². The molecule has 0 aliphatic carbocycles. The summed E-state index contributed by atoms with van der Waals surface area (Å²) in [6.07, 6.45) is 3.29. The second-order valence-corrected chi connectivity index (χ2v) is 8.49. The van der Waals surface area contributed by atoms with Gasteiger partial charge in [0.05, 0.1) is 18.8 Å². The number of ether oxygens (including phenoxy) is 2. The fourth-order valence-corrected chi connectivity index (χ4v) is 4.34. The summed E-state index contributed by atoms with van der Waals surface area (Å²) >= 11 is 1.55. The van der Waals surface area contributed by atoms with Gasteiger partial charge in [0.1, 0.15) is 0 Å². The van der Waals surface area contributed by atoms with Gasteiger partial charge in [-0.2, -0.15) is 0 Å². The van der Waals surface area contributed by atoms with Crippen molar-refractivity contribution >= 4 is 23.4 Å². The number of aromatic nitrogens is 2. The van der Waals surface area contributed by atoms with Crippen LogP contribution in [0.15, 0.2) is 72.1 Å². The van der Waals surface area contributed by atoms with Gasteiger partial charge in [0.15, 0.2) is 11.4 Å². The van der Waals surface area contributed by atoms with Gasteiger partial charge in [-0.3, -0.25) is 4.79 Å². The highest BCUT2D eigenvalue weighted by molar-refractivity contribution is 7.99. The summed E-state index contributed by atoms with van der Waals surface area (Å²) in [7, 11) is 0. The molecule has 1 aliphatic heterocycles. The van der Waals surface area contributed by atoms with Gasteiger partial charge < -0.3 is 19.9 Å². The highest BCUT2D eigenvalue weighted by Crippen LogP contribution is 2.39. The van der Waals surface area contributed by atoms with E-state index in [4.69, 9.17) is 9.47 Å². The van der Waals surface area contributed by atoms with Crippen molar-refractivity contribution in [3.05, 3.63) is 83.7 Å². The molecule has 1 saturated heterocycles. The van der Waals surface area contributed by atoms with E-state index in [0.29, 0.717) is 23.0 Å². The lowest BCUT2D eigenvalue weighted by atomic mass is 10.0. The monoisotopic (exact) mass is 451 g/mol. The smallest absolute Gasteiger partial charge is 0.221 e. The first-order valence-corrected chi connectivity index (χ1v) is 11.4. The van der Waals surface area contributed by atoms with Gasteiger partial charge in [0.25, 0.3) is 0 Å². The van der Waals surface area contributed by atoms with Crippen LogP contribution in [-0.2, 0) is 20.9 Å². The average Bonchev–Trinajstić information content (AvgIpc) is 2.83. The summed E-state index contributed by atoms with van der Waals surface area (Å²) in [5, 5.41) is 12.9. The quantitative estimate of drug-likeness (QED) is 0.409. The number of nitrogens with zero attached hydrogens (tertiary/aromatic N) is 2. The van der Waals surface area contributed by atoms with Crippen LogP contribution in [0.1, 0.15) is 42.4 Å². The first-order valence-electron chi connectivity index (χ1n) is 10.4. The van der Waals surface area contributed by atoms with Crippen LogP contribution >= 0.6 is 11.8 Å². The summed E-state index contributed by atoms with van der Waals surface area (Å²) in [6.45, 7) is 1.48. The van der Waals surface area contributed by atoms with Gasteiger partial charge in [0.2, 0.25) is 5.91 Å². The molecular formula is C24H25N3O4S. The van der Waals surface area contributed by atoms with Gasteiger partial charge in [0, 0.05) is 42.7 Å². The first-order chi connectivity index (χ1) is 15.6. The Hall–Kier alpha value is -2.78. The third kappa shape index (κ3) is 5.92. The van der Waals surface area contributed by atoms with Crippen molar-refractivity contribution in [3.8, 4) is 0 Å². The molecule has 3 aromatic rings. The summed E-state index contributed by atoms with van der Waals surface area (Å²) in [4.78, 5) is 20.0. The van der Waals surface area contributed by atoms with E-state index >= 15 is 0 Å². The van der Waals surface area contributed by atoms with Gasteiger partial charge >= 0.3 is 0 Å². The van der Waals surface area contributed by atoms with Crippen molar-refractivity contribution in [1.82, 2.24) is 9.97 Å². The Kier molecular flexibility index (Phi) is 7.49. The Morgan fingerprint density at radius 3 is 2.59 bits per heavy atom. The number of benzene rings is 2. The van der Waals surface area contributed by atoms with Crippen molar-refractivity contribution in [3.63, 3.8) is 0 Å². The Labute approximate surface area is 191 Å². The molecule has 0 bridgehead atoms. The van der Waals surface area contributed by atoms with E-state index in [2.05, 4.69) is 15.3 Å². The van der Waals surface area contributed by atoms with E-state index in [1.54, 1.807) is 30.2 Å². The molecule has 166 valence electrons. The average molecular weight is 452 g/mol. The number of hydrogen-bond acceptors (Lipinski definition) is 7. The van der Waals surface area contributed by atoms with Crippen molar-refractivity contribution < 1.29 is 19.4 Å². The van der Waals surface area contributed by atoms with E-state index in [-0.39, 0.29) is 24.7 Å². The molecule has 3 atom stereocenters. The van der Waals surface area contributed by atoms with E-state index in [0.717, 1.165) is 16.7 Å². The Morgan fingerprint density at radius 1 is 1.09 bits per heavy atom. The number of rotatable bonds is 7. The number of amides is 1. The fraction of sp³-hybridized carbons (Fsp3) is 0.292. The van der Waals surface area contributed by atoms with Crippen LogP contribution in [0.25, 0.3) is 0 Å². The van der Waals surface area contributed by atoms with Gasteiger partial charge in [-0.05, 0) is 29.3 Å². The maximum atomic E-state index is 11.5. The lowest BCUT2D eigenvalue weighted by Crippen LogP contribution is -2.31. The van der Waals surface area contributed by atoms with Gasteiger partial charge in [-0.25, -0.2) is 9.97 Å². The number of hydrogen-bond donors (Lipinski definition) is 2. The van der Waals surface area contributed by atoms with E-state index in [9.17, 15) is 9.90 Å². The number of anilines is 1. The Morgan fingerprint density at radius 2 is 1.88 bits per heavy atom. The van der Waals surface area contributed by atoms with Crippen molar-refractivity contribution in [1.29, 1.82) is 0 Å². The molecule has 1 fully saturated rings. The zero-order chi connectivity index (χ0) is 22.3. The molecule has 2 N–H and O–H groups in total. The van der Waals surface area contributed by atoms with Crippen molar-refractivity contribution in [2.24, 2.45) is 0 Å². The molecule has 4 rings (SSSR count). The normalized spacial score (nSPS) is 20.6. The topological polar surface area (TPSA) is 93.6 Å². The number of thioether (sulfide) groups is 1. The predicted molar refractivity (Wildman–Crippen MR) is 122 cm³/mol. The van der Waals surface area contributed by atoms with Crippen LogP contribution in [-0.4, -0.2) is 32.8 Å². The van der Waals surface area contributed by atoms with Gasteiger partial charge in [-0.1, -0.05) is 48.2 Å². The van der Waals surface area contributed by atoms with Crippen LogP contribution in [0.2, 0.25) is 0 Å². The molecule has 32 heavy (non-hydrogen) atoms. The summed E-state index contributed by atoms with van der Waals surface area (Å²) < 4.78 is 12.6. The molecule has 7 nitrogen and oxygen atoms in total. The van der Waals surface area contributed by atoms with Crippen LogP contribution in [0.4, 0.5) is 5.69 Å². The zero-order valence-electron chi connectivity index (χ0n) is 17.7. The summed E-state index contributed by atoms with van der Waals surface area (Å²) in [6, 6.07) is 17.1. The number of aliphatic hydroxyl groups excluding tert-OH is 1. The Balaban J connectivity index is 1.55. The molecule has 1 aliphatic rings. The SMILES string of the molecule is CC(=O)Nc1cccc([C@H]2O[C@@H](CSc3ncccn3)C[C@@H](c3ccc(CO)cc3)O2)c1. The third-order valence-corrected chi connectivity index (χ3v) is 6.04. The standard InChI is InChI=1S/C24H25N3O4S/c1-16(29)27-20-5-2-4-19(12-20)23-30-21(15-32-24-25-10-3-11-26-24)13-22(31-23)18-8-6-17(14-28)7-9-18/h2-12,21-23,28H,13-15H2,1H3,(H,27,29)/t21-,22+,23+/m1/s1. The maximum Gasteiger partial charge on any atom is 0.221 e. The number of carbonyl (C=O) groups is 1. The predicted octanol–water partition coefficient (Wildman–Crippen LogP) is 4.27. The molecule has 0 radical (unpaired) electrons. The molecule has 0 spiro atoms. The summed E-state index contributed by atoms with van der Waals surface area (Å²) in [5.74, 6) is 0.548. The van der Waals surface area contributed by atoms with E-state index < -0.39 is 6.29 Å². The molecular weight excluding hydrogens is 426 g/mol. The lowest BCUT2D eigenvalue weighted by Gasteiger charge is -2.36. The number of aliphatic hydroxyl groups is 1. The second kappa shape index (κ2) is 10.7. The molecule has 0 saturated carbocycles. The summed E-state index contributed by atoms with van der Waals surface area (Å²) in [5.41, 5.74) is 3.41. The van der Waals surface area contributed by atoms with Crippen LogP contribution in [0.3, 0.4) is 0 Å². The minimum Gasteiger partial charge on any atom is -0.392 e. The highest BCUT2D eigenvalue weighted by atomic mass is 32.2. The zero-order valence-corrected chi connectivity index (χ0v) is 18.5. The molecule has 1 aromatic heterocycles. The number of carbonyl (C=O) groups excluding carboxylic acids is 1. The third-order valence-electron chi connectivity index (χ3n) is 5.03. The molecule has 1 amide bonds. The molecule has 2 aromatic carbocycles. The van der Waals surface area contributed by atoms with Crippen LogP contribution in [0.5, 0.6) is 0 Å². The lowest BCUT2D eigenvalue weighted by molar-refractivity contribution is -0.245. The van der Waals surface area contributed by atoms with Crippen LogP contribution in [0, 0.1) is 0 Å². The highest BCUT2D eigenvalue weighted by Gasteiger charge is 2.32. The largest absolute Gasteiger partial charge is 0.392 e. The second-order valence-electron chi connectivity index (χ2n) is 7.50. The molecule has 0 unspecified atom stereocenters. The number of nitrogens with one attached hydrogen (secondary N) is 1.